The number of hydrogen-bond donors (Lipinski definition) is 0. The van der Waals surface area contributed by atoms with Gasteiger partial charge >= 0.3 is 0 Å². The highest BCUT2D eigenvalue weighted by Crippen LogP contribution is 2.29. The summed E-state index contributed by atoms with van der Waals surface area (Å²) in [4.78, 5) is 30.9. The minimum atomic E-state index is -0.0565. The van der Waals surface area contributed by atoms with Crippen molar-refractivity contribution in [2.45, 2.75) is 12.3 Å². The third-order valence-corrected chi connectivity index (χ3v) is 4.49. The van der Waals surface area contributed by atoms with E-state index in [-0.39, 0.29) is 5.91 Å². The number of hydrogen-bond acceptors (Lipinski definition) is 5. The molecule has 0 unspecified atom stereocenters. The normalized spacial score (nSPS) is 16.8. The monoisotopic (exact) mass is 331 g/mol. The van der Waals surface area contributed by atoms with Crippen molar-refractivity contribution in [3.63, 3.8) is 0 Å². The van der Waals surface area contributed by atoms with E-state index in [1.54, 1.807) is 24.8 Å². The smallest absolute Gasteiger partial charge is 0.274 e. The van der Waals surface area contributed by atoms with Crippen LogP contribution < -0.4 is 0 Å². The molecule has 25 heavy (non-hydrogen) atoms. The molecule has 124 valence electrons. The maximum absolute atomic E-state index is 12.5. The number of aromatic nitrogens is 4. The summed E-state index contributed by atoms with van der Waals surface area (Å²) < 4.78 is 0. The van der Waals surface area contributed by atoms with Crippen LogP contribution in [0.4, 0.5) is 0 Å². The average molecular weight is 331 g/mol. The lowest BCUT2D eigenvalue weighted by Crippen LogP contribution is -2.29. The number of carbonyl (C=O) groups excluding carboxylic acids is 1. The van der Waals surface area contributed by atoms with Crippen LogP contribution in [0.15, 0.2) is 61.4 Å². The highest BCUT2D eigenvalue weighted by molar-refractivity contribution is 5.92. The average Bonchev–Trinajstić information content (AvgIpc) is 3.19. The Kier molecular flexibility index (Phi) is 4.16. The minimum absolute atomic E-state index is 0.0565. The molecule has 0 N–H and O–H groups in total. The van der Waals surface area contributed by atoms with Crippen LogP contribution in [0, 0.1) is 0 Å². The lowest BCUT2D eigenvalue weighted by atomic mass is 9.97. The van der Waals surface area contributed by atoms with Crippen LogP contribution in [-0.2, 0) is 0 Å². The molecule has 0 radical (unpaired) electrons. The Morgan fingerprint density at radius 3 is 2.68 bits per heavy atom. The van der Waals surface area contributed by atoms with Gasteiger partial charge in [-0.2, -0.15) is 0 Å². The van der Waals surface area contributed by atoms with E-state index in [0.717, 1.165) is 24.2 Å². The molecule has 0 saturated carbocycles. The van der Waals surface area contributed by atoms with Crippen LogP contribution in [0.5, 0.6) is 0 Å². The summed E-state index contributed by atoms with van der Waals surface area (Å²) in [5, 5.41) is 0. The van der Waals surface area contributed by atoms with Gasteiger partial charge in [0.1, 0.15) is 5.69 Å². The van der Waals surface area contributed by atoms with Gasteiger partial charge in [0.2, 0.25) is 0 Å². The standard InChI is InChI=1S/C19H17N5O/c25-19(18-12-21-8-9-23-18)24-10-4-16(13-24)15-3-7-22-17(11-15)14-1-5-20-6-2-14/h1-3,5-9,11-12,16H,4,10,13H2/t16-/m0/s1. The van der Waals surface area contributed by atoms with E-state index < -0.39 is 0 Å². The fraction of sp³-hybridized carbons (Fsp3) is 0.211. The van der Waals surface area contributed by atoms with Gasteiger partial charge in [0.15, 0.2) is 0 Å². The number of rotatable bonds is 3. The molecule has 0 aromatic carbocycles. The molecular formula is C19H17N5O. The highest BCUT2D eigenvalue weighted by atomic mass is 16.2. The lowest BCUT2D eigenvalue weighted by Gasteiger charge is -2.16. The van der Waals surface area contributed by atoms with Gasteiger partial charge in [-0.25, -0.2) is 4.98 Å². The van der Waals surface area contributed by atoms with Gasteiger partial charge in [-0.3, -0.25) is 19.7 Å². The summed E-state index contributed by atoms with van der Waals surface area (Å²) >= 11 is 0. The van der Waals surface area contributed by atoms with Gasteiger partial charge in [0, 0.05) is 55.6 Å². The van der Waals surface area contributed by atoms with E-state index in [4.69, 9.17) is 0 Å². The van der Waals surface area contributed by atoms with E-state index in [2.05, 4.69) is 26.0 Å². The molecule has 3 aromatic heterocycles. The molecule has 1 aliphatic rings. The molecule has 1 aliphatic heterocycles. The van der Waals surface area contributed by atoms with Crippen LogP contribution in [0.1, 0.15) is 28.4 Å². The fourth-order valence-electron chi connectivity index (χ4n) is 3.17. The van der Waals surface area contributed by atoms with E-state index in [1.807, 2.05) is 29.3 Å². The Labute approximate surface area is 145 Å². The topological polar surface area (TPSA) is 71.9 Å². The van der Waals surface area contributed by atoms with Crippen LogP contribution >= 0.6 is 0 Å². The Morgan fingerprint density at radius 2 is 1.88 bits per heavy atom. The van der Waals surface area contributed by atoms with E-state index >= 15 is 0 Å². The summed E-state index contributed by atoms with van der Waals surface area (Å²) in [6.07, 6.45) is 10.9. The van der Waals surface area contributed by atoms with Gasteiger partial charge in [-0.05, 0) is 36.2 Å². The number of carbonyl (C=O) groups is 1. The van der Waals surface area contributed by atoms with E-state index in [1.165, 1.54) is 11.8 Å². The van der Waals surface area contributed by atoms with Gasteiger partial charge in [-0.1, -0.05) is 0 Å². The first-order chi connectivity index (χ1) is 12.3. The first-order valence-corrected chi connectivity index (χ1v) is 8.23. The molecule has 6 heteroatoms. The van der Waals surface area contributed by atoms with E-state index in [0.29, 0.717) is 18.2 Å². The Bertz CT molecular complexity index is 869. The van der Waals surface area contributed by atoms with Gasteiger partial charge in [0.05, 0.1) is 11.9 Å². The summed E-state index contributed by atoms with van der Waals surface area (Å²) in [5.74, 6) is 0.253. The third kappa shape index (κ3) is 3.24. The first-order valence-electron chi connectivity index (χ1n) is 8.23. The van der Waals surface area contributed by atoms with Crippen molar-refractivity contribution in [2.75, 3.05) is 13.1 Å². The molecule has 4 heterocycles. The van der Waals surface area contributed by atoms with Gasteiger partial charge in [-0.15, -0.1) is 0 Å². The zero-order valence-corrected chi connectivity index (χ0v) is 13.6. The molecule has 4 rings (SSSR count). The van der Waals surface area contributed by atoms with Crippen molar-refractivity contribution in [1.82, 2.24) is 24.8 Å². The maximum Gasteiger partial charge on any atom is 0.274 e. The van der Waals surface area contributed by atoms with Crippen molar-refractivity contribution in [3.8, 4) is 11.3 Å². The molecule has 3 aromatic rings. The van der Waals surface area contributed by atoms with Crippen LogP contribution in [-0.4, -0.2) is 43.8 Å². The van der Waals surface area contributed by atoms with Gasteiger partial charge < -0.3 is 4.90 Å². The van der Waals surface area contributed by atoms with E-state index in [9.17, 15) is 4.79 Å². The zero-order valence-electron chi connectivity index (χ0n) is 13.6. The van der Waals surface area contributed by atoms with Crippen LogP contribution in [0.25, 0.3) is 11.3 Å². The molecule has 1 amide bonds. The fourth-order valence-corrected chi connectivity index (χ4v) is 3.17. The predicted octanol–water partition coefficient (Wildman–Crippen LogP) is 2.56. The predicted molar refractivity (Wildman–Crippen MR) is 92.8 cm³/mol. The molecule has 0 bridgehead atoms. The quantitative estimate of drug-likeness (QED) is 0.737. The Balaban J connectivity index is 1.52. The van der Waals surface area contributed by atoms with Crippen LogP contribution in [0.3, 0.4) is 0 Å². The van der Waals surface area contributed by atoms with Crippen molar-refractivity contribution in [2.24, 2.45) is 0 Å². The summed E-state index contributed by atoms with van der Waals surface area (Å²) in [7, 11) is 0. The van der Waals surface area contributed by atoms with Crippen molar-refractivity contribution >= 4 is 5.91 Å². The van der Waals surface area contributed by atoms with Gasteiger partial charge in [0.25, 0.3) is 5.91 Å². The number of likely N-dealkylation sites (tertiary alicyclic amines) is 1. The van der Waals surface area contributed by atoms with Crippen LogP contribution in [0.2, 0.25) is 0 Å². The summed E-state index contributed by atoms with van der Waals surface area (Å²) in [5.41, 5.74) is 3.58. The minimum Gasteiger partial charge on any atom is -0.337 e. The molecule has 0 aliphatic carbocycles. The second-order valence-electron chi connectivity index (χ2n) is 6.04. The SMILES string of the molecule is O=C(c1cnccn1)N1CC[C@H](c2ccnc(-c3ccncc3)c2)C1. The second kappa shape index (κ2) is 6.76. The first kappa shape index (κ1) is 15.4. The number of nitrogens with zero attached hydrogens (tertiary/aromatic N) is 5. The maximum atomic E-state index is 12.5. The summed E-state index contributed by atoms with van der Waals surface area (Å²) in [6, 6.07) is 8.04. The molecule has 1 atom stereocenters. The Morgan fingerprint density at radius 1 is 1.00 bits per heavy atom. The molecule has 6 nitrogen and oxygen atoms in total. The largest absolute Gasteiger partial charge is 0.337 e. The highest BCUT2D eigenvalue weighted by Gasteiger charge is 2.28. The van der Waals surface area contributed by atoms with Crippen molar-refractivity contribution in [1.29, 1.82) is 0 Å². The third-order valence-electron chi connectivity index (χ3n) is 4.49. The molecule has 1 fully saturated rings. The molecule has 1 saturated heterocycles. The van der Waals surface area contributed by atoms with Crippen molar-refractivity contribution in [3.05, 3.63) is 72.7 Å². The lowest BCUT2D eigenvalue weighted by molar-refractivity contribution is 0.0784. The zero-order chi connectivity index (χ0) is 17.1. The Hall–Kier alpha value is -3.15. The second-order valence-corrected chi connectivity index (χ2v) is 6.04. The number of amides is 1. The van der Waals surface area contributed by atoms with Crippen molar-refractivity contribution < 1.29 is 4.79 Å². The molecule has 0 spiro atoms. The number of pyridine rings is 2. The molecular weight excluding hydrogens is 314 g/mol. The summed E-state index contributed by atoms with van der Waals surface area (Å²) in [6.45, 7) is 1.42.